The van der Waals surface area contributed by atoms with Crippen LogP contribution >= 0.6 is 0 Å². The predicted octanol–water partition coefficient (Wildman–Crippen LogP) is 0.344. The molecule has 2 rings (SSSR count). The lowest BCUT2D eigenvalue weighted by Gasteiger charge is -2.15. The van der Waals surface area contributed by atoms with Crippen molar-refractivity contribution in [1.82, 2.24) is 0 Å². The van der Waals surface area contributed by atoms with Crippen molar-refractivity contribution in [2.75, 3.05) is 5.73 Å². The molecule has 1 aromatic rings. The molecular formula is C10H7NO5. The number of benzene rings is 1. The van der Waals surface area contributed by atoms with E-state index in [4.69, 9.17) is 5.73 Å². The fourth-order valence-electron chi connectivity index (χ4n) is 1.54. The number of aliphatic hydroxyl groups excluding tert-OH is 1. The van der Waals surface area contributed by atoms with Crippen molar-refractivity contribution >= 4 is 23.0 Å². The van der Waals surface area contributed by atoms with Gasteiger partial charge in [0.2, 0.25) is 11.6 Å². The summed E-state index contributed by atoms with van der Waals surface area (Å²) in [5.74, 6) is -3.66. The minimum Gasteiger partial charge on any atom is -0.507 e. The number of anilines is 1. The van der Waals surface area contributed by atoms with Gasteiger partial charge in [0.15, 0.2) is 0 Å². The predicted molar refractivity (Wildman–Crippen MR) is 54.1 cm³/mol. The first kappa shape index (κ1) is 10.0. The van der Waals surface area contributed by atoms with Gasteiger partial charge in [-0.2, -0.15) is 0 Å². The molecule has 6 heteroatoms. The number of carbonyl (C=O) groups is 2. The number of ketones is 2. The van der Waals surface area contributed by atoms with Gasteiger partial charge in [0.25, 0.3) is 0 Å². The average molecular weight is 221 g/mol. The maximum absolute atomic E-state index is 11.4. The highest BCUT2D eigenvalue weighted by atomic mass is 16.3. The van der Waals surface area contributed by atoms with Crippen LogP contribution in [0.15, 0.2) is 12.1 Å². The van der Waals surface area contributed by atoms with Gasteiger partial charge >= 0.3 is 0 Å². The Kier molecular flexibility index (Phi) is 1.88. The number of Topliss-reactive ketones (excluding diaryl/α,β-unsaturated/α-hetero) is 1. The minimum atomic E-state index is -0.999. The number of hydrogen-bond donors (Lipinski definition) is 4. The maximum atomic E-state index is 11.4. The summed E-state index contributed by atoms with van der Waals surface area (Å²) in [5, 5.41) is 28.4. The molecule has 0 unspecified atom stereocenters. The van der Waals surface area contributed by atoms with Gasteiger partial charge in [-0.3, -0.25) is 9.59 Å². The van der Waals surface area contributed by atoms with Gasteiger partial charge in [0.1, 0.15) is 17.3 Å². The summed E-state index contributed by atoms with van der Waals surface area (Å²) < 4.78 is 0. The number of allylic oxidation sites excluding steroid dienone is 1. The number of hydrogen-bond acceptors (Lipinski definition) is 6. The van der Waals surface area contributed by atoms with Crippen LogP contribution in [0.5, 0.6) is 11.5 Å². The van der Waals surface area contributed by atoms with Gasteiger partial charge in [-0.1, -0.05) is 0 Å². The van der Waals surface area contributed by atoms with Crippen LogP contribution in [0.1, 0.15) is 15.9 Å². The molecule has 0 aromatic heterocycles. The summed E-state index contributed by atoms with van der Waals surface area (Å²) in [6, 6.07) is 0.942. The monoisotopic (exact) mass is 221 g/mol. The number of rotatable bonds is 0. The van der Waals surface area contributed by atoms with Crippen molar-refractivity contribution < 1.29 is 24.9 Å². The maximum Gasteiger partial charge on any atom is 0.237 e. The summed E-state index contributed by atoms with van der Waals surface area (Å²) in [6.07, 6.45) is 0.670. The number of phenolic OH excluding ortho intramolecular Hbond substituents is 2. The van der Waals surface area contributed by atoms with E-state index in [1.165, 1.54) is 0 Å². The quantitative estimate of drug-likeness (QED) is 0.217. The standard InChI is InChI=1S/C10H7NO5/c11-3-1-4(12)8-7(9(3)15)5(13)2-6(14)10(8)16/h1-2,12-13,15H,11H2. The molecule has 0 heterocycles. The van der Waals surface area contributed by atoms with Crippen LogP contribution in [-0.4, -0.2) is 26.9 Å². The van der Waals surface area contributed by atoms with Gasteiger partial charge < -0.3 is 21.1 Å². The zero-order chi connectivity index (χ0) is 12.0. The Balaban J connectivity index is 2.90. The molecule has 1 aliphatic carbocycles. The molecule has 0 amide bonds. The Labute approximate surface area is 89.2 Å². The summed E-state index contributed by atoms with van der Waals surface area (Å²) in [5.41, 5.74) is 4.40. The highest BCUT2D eigenvalue weighted by Crippen LogP contribution is 2.40. The number of nitrogens with two attached hydrogens (primary N) is 1. The van der Waals surface area contributed by atoms with Gasteiger partial charge in [-0.05, 0) is 0 Å². The molecule has 0 saturated heterocycles. The molecule has 16 heavy (non-hydrogen) atoms. The Morgan fingerprint density at radius 1 is 1.06 bits per heavy atom. The van der Waals surface area contributed by atoms with E-state index in [9.17, 15) is 24.9 Å². The molecule has 1 aromatic carbocycles. The van der Waals surface area contributed by atoms with E-state index in [1.54, 1.807) is 0 Å². The Morgan fingerprint density at radius 3 is 2.31 bits per heavy atom. The third-order valence-electron chi connectivity index (χ3n) is 2.28. The van der Waals surface area contributed by atoms with E-state index in [2.05, 4.69) is 0 Å². The SMILES string of the molecule is Nc1cc(O)c2c(c1O)C(O)=CC(=O)C2=O. The molecule has 5 N–H and O–H groups in total. The molecule has 1 aliphatic rings. The lowest BCUT2D eigenvalue weighted by Crippen LogP contribution is -2.19. The van der Waals surface area contributed by atoms with Crippen LogP contribution in [0.2, 0.25) is 0 Å². The molecule has 0 atom stereocenters. The van der Waals surface area contributed by atoms with Crippen molar-refractivity contribution in [3.8, 4) is 11.5 Å². The molecule has 0 saturated carbocycles. The molecule has 82 valence electrons. The first-order valence-corrected chi connectivity index (χ1v) is 4.27. The summed E-state index contributed by atoms with van der Waals surface area (Å²) in [7, 11) is 0. The van der Waals surface area contributed by atoms with Crippen LogP contribution in [0, 0.1) is 0 Å². The Bertz CT molecular complexity index is 559. The Morgan fingerprint density at radius 2 is 1.69 bits per heavy atom. The van der Waals surface area contributed by atoms with Gasteiger partial charge in [-0.15, -0.1) is 0 Å². The second-order valence-corrected chi connectivity index (χ2v) is 3.31. The highest BCUT2D eigenvalue weighted by molar-refractivity contribution is 6.51. The summed E-state index contributed by atoms with van der Waals surface area (Å²) in [6.45, 7) is 0. The van der Waals surface area contributed by atoms with E-state index in [-0.39, 0.29) is 11.3 Å². The van der Waals surface area contributed by atoms with E-state index in [0.29, 0.717) is 6.08 Å². The molecule has 0 fully saturated rings. The smallest absolute Gasteiger partial charge is 0.237 e. The number of nitrogen functional groups attached to an aromatic ring is 1. The first-order valence-electron chi connectivity index (χ1n) is 4.27. The second kappa shape index (κ2) is 2.99. The number of fused-ring (bicyclic) bond motifs is 1. The molecule has 0 spiro atoms. The van der Waals surface area contributed by atoms with Crippen molar-refractivity contribution in [2.24, 2.45) is 0 Å². The molecular weight excluding hydrogens is 214 g/mol. The fourth-order valence-corrected chi connectivity index (χ4v) is 1.54. The largest absolute Gasteiger partial charge is 0.507 e. The average Bonchev–Trinajstić information content (AvgIpc) is 2.20. The van der Waals surface area contributed by atoms with Crippen LogP contribution in [0.3, 0.4) is 0 Å². The van der Waals surface area contributed by atoms with Crippen molar-refractivity contribution in [2.45, 2.75) is 0 Å². The van der Waals surface area contributed by atoms with Crippen molar-refractivity contribution in [3.63, 3.8) is 0 Å². The second-order valence-electron chi connectivity index (χ2n) is 3.31. The lowest BCUT2D eigenvalue weighted by molar-refractivity contribution is -0.111. The van der Waals surface area contributed by atoms with E-state index >= 15 is 0 Å². The van der Waals surface area contributed by atoms with Crippen LogP contribution in [-0.2, 0) is 4.79 Å². The Hall–Kier alpha value is -2.50. The zero-order valence-electron chi connectivity index (χ0n) is 7.89. The number of aliphatic hydroxyl groups is 1. The normalized spacial score (nSPS) is 14.6. The number of aromatic hydroxyl groups is 2. The molecule has 0 bridgehead atoms. The van der Waals surface area contributed by atoms with Gasteiger partial charge in [0, 0.05) is 12.1 Å². The van der Waals surface area contributed by atoms with Gasteiger partial charge in [0.05, 0.1) is 16.8 Å². The third-order valence-corrected chi connectivity index (χ3v) is 2.28. The first-order chi connectivity index (χ1) is 7.43. The van der Waals surface area contributed by atoms with E-state index in [0.717, 1.165) is 6.07 Å². The molecule has 0 aliphatic heterocycles. The summed E-state index contributed by atoms with van der Waals surface area (Å²) >= 11 is 0. The zero-order valence-corrected chi connectivity index (χ0v) is 7.89. The summed E-state index contributed by atoms with van der Waals surface area (Å²) in [4.78, 5) is 22.5. The number of phenols is 2. The lowest BCUT2D eigenvalue weighted by atomic mass is 9.91. The minimum absolute atomic E-state index is 0.196. The van der Waals surface area contributed by atoms with E-state index < -0.39 is 34.4 Å². The molecule has 6 nitrogen and oxygen atoms in total. The van der Waals surface area contributed by atoms with Crippen LogP contribution in [0.4, 0.5) is 5.69 Å². The highest BCUT2D eigenvalue weighted by Gasteiger charge is 2.32. The van der Waals surface area contributed by atoms with Crippen molar-refractivity contribution in [3.05, 3.63) is 23.3 Å². The third kappa shape index (κ3) is 1.13. The topological polar surface area (TPSA) is 121 Å². The van der Waals surface area contributed by atoms with E-state index in [1.807, 2.05) is 0 Å². The van der Waals surface area contributed by atoms with Crippen molar-refractivity contribution in [1.29, 1.82) is 0 Å². The molecule has 0 radical (unpaired) electrons. The number of carbonyl (C=O) groups excluding carboxylic acids is 2. The fraction of sp³-hybridized carbons (Fsp3) is 0. The van der Waals surface area contributed by atoms with Gasteiger partial charge in [-0.25, -0.2) is 0 Å². The van der Waals surface area contributed by atoms with Crippen LogP contribution < -0.4 is 5.73 Å². The van der Waals surface area contributed by atoms with Crippen LogP contribution in [0.25, 0.3) is 5.76 Å².